The monoisotopic (exact) mass is 269 g/mol. The summed E-state index contributed by atoms with van der Waals surface area (Å²) < 4.78 is 16.2. The largest absolute Gasteiger partial charge is 0.493 e. The van der Waals surface area contributed by atoms with Crippen LogP contribution in [0.1, 0.15) is 11.5 Å². The third-order valence-corrected chi connectivity index (χ3v) is 3.14. The minimum absolute atomic E-state index is 0.620. The van der Waals surface area contributed by atoms with Crippen LogP contribution in [0.5, 0.6) is 11.5 Å². The Morgan fingerprint density at radius 3 is 2.55 bits per heavy atom. The van der Waals surface area contributed by atoms with Gasteiger partial charge in [-0.25, -0.2) is 4.98 Å². The first-order valence-corrected chi connectivity index (χ1v) is 6.35. The summed E-state index contributed by atoms with van der Waals surface area (Å²) in [7, 11) is 3.25. The van der Waals surface area contributed by atoms with Crippen molar-refractivity contribution in [1.82, 2.24) is 4.98 Å². The van der Waals surface area contributed by atoms with E-state index in [4.69, 9.17) is 13.9 Å². The standard InChI is InChI=1S/C16H15NO3/c1-18-14-8-7-11(9-15(14)19-2)10-16-17-12-5-3-4-6-13(12)20-16/h3-9H,10H2,1-2H3. The summed E-state index contributed by atoms with van der Waals surface area (Å²) in [5, 5.41) is 0. The Balaban J connectivity index is 1.90. The van der Waals surface area contributed by atoms with Crippen molar-refractivity contribution in [2.45, 2.75) is 6.42 Å². The Hall–Kier alpha value is -2.49. The Kier molecular flexibility index (Phi) is 3.29. The normalized spacial score (nSPS) is 10.7. The van der Waals surface area contributed by atoms with Crippen LogP contribution in [0.4, 0.5) is 0 Å². The molecule has 0 unspecified atom stereocenters. The topological polar surface area (TPSA) is 44.5 Å². The van der Waals surface area contributed by atoms with Crippen LogP contribution in [-0.4, -0.2) is 19.2 Å². The lowest BCUT2D eigenvalue weighted by Gasteiger charge is -2.08. The fraction of sp³-hybridized carbons (Fsp3) is 0.188. The maximum atomic E-state index is 5.72. The fourth-order valence-electron chi connectivity index (χ4n) is 2.16. The molecule has 4 nitrogen and oxygen atoms in total. The molecular weight excluding hydrogens is 254 g/mol. The zero-order valence-electron chi connectivity index (χ0n) is 11.4. The quantitative estimate of drug-likeness (QED) is 0.727. The number of methoxy groups -OCH3 is 2. The molecule has 0 spiro atoms. The second kappa shape index (κ2) is 5.25. The van der Waals surface area contributed by atoms with Gasteiger partial charge in [0.15, 0.2) is 23.0 Å². The first kappa shape index (κ1) is 12.5. The van der Waals surface area contributed by atoms with Crippen LogP contribution in [-0.2, 0) is 6.42 Å². The van der Waals surface area contributed by atoms with Gasteiger partial charge in [0, 0.05) is 6.42 Å². The highest BCUT2D eigenvalue weighted by Gasteiger charge is 2.09. The molecule has 0 aliphatic carbocycles. The average Bonchev–Trinajstić information content (AvgIpc) is 2.89. The lowest BCUT2D eigenvalue weighted by Crippen LogP contribution is -1.93. The van der Waals surface area contributed by atoms with Gasteiger partial charge >= 0.3 is 0 Å². The van der Waals surface area contributed by atoms with Crippen LogP contribution in [0.25, 0.3) is 11.1 Å². The van der Waals surface area contributed by atoms with Gasteiger partial charge in [-0.05, 0) is 29.8 Å². The number of ether oxygens (including phenoxy) is 2. The highest BCUT2D eigenvalue weighted by molar-refractivity contribution is 5.72. The smallest absolute Gasteiger partial charge is 0.199 e. The number of oxazole rings is 1. The number of para-hydroxylation sites is 2. The van der Waals surface area contributed by atoms with Crippen molar-refractivity contribution in [3.05, 3.63) is 53.9 Å². The van der Waals surface area contributed by atoms with Crippen molar-refractivity contribution in [3.8, 4) is 11.5 Å². The van der Waals surface area contributed by atoms with Crippen LogP contribution < -0.4 is 9.47 Å². The number of aromatic nitrogens is 1. The summed E-state index contributed by atoms with van der Waals surface area (Å²) in [6.07, 6.45) is 0.620. The summed E-state index contributed by atoms with van der Waals surface area (Å²) in [5.74, 6) is 2.12. The van der Waals surface area contributed by atoms with E-state index in [1.165, 1.54) is 0 Å². The van der Waals surface area contributed by atoms with Crippen LogP contribution >= 0.6 is 0 Å². The molecule has 3 aromatic rings. The number of hydrogen-bond acceptors (Lipinski definition) is 4. The minimum Gasteiger partial charge on any atom is -0.493 e. The van der Waals surface area contributed by atoms with Crippen molar-refractivity contribution < 1.29 is 13.9 Å². The van der Waals surface area contributed by atoms with Crippen LogP contribution in [0.15, 0.2) is 46.9 Å². The first-order valence-electron chi connectivity index (χ1n) is 6.35. The van der Waals surface area contributed by atoms with Crippen molar-refractivity contribution in [2.24, 2.45) is 0 Å². The Labute approximate surface area is 117 Å². The highest BCUT2D eigenvalue weighted by Crippen LogP contribution is 2.28. The zero-order chi connectivity index (χ0) is 13.9. The van der Waals surface area contributed by atoms with Gasteiger partial charge in [0.2, 0.25) is 0 Å². The van der Waals surface area contributed by atoms with E-state index in [0.29, 0.717) is 23.8 Å². The van der Waals surface area contributed by atoms with E-state index < -0.39 is 0 Å². The summed E-state index contributed by atoms with van der Waals surface area (Å²) in [5.41, 5.74) is 2.75. The van der Waals surface area contributed by atoms with Crippen molar-refractivity contribution in [2.75, 3.05) is 14.2 Å². The second-order valence-electron chi connectivity index (χ2n) is 4.44. The molecule has 0 aliphatic heterocycles. The third-order valence-electron chi connectivity index (χ3n) is 3.14. The van der Waals surface area contributed by atoms with Crippen molar-refractivity contribution >= 4 is 11.1 Å². The molecule has 0 saturated carbocycles. The van der Waals surface area contributed by atoms with Crippen LogP contribution in [0.2, 0.25) is 0 Å². The molecule has 1 aromatic heterocycles. The van der Waals surface area contributed by atoms with E-state index in [-0.39, 0.29) is 0 Å². The molecule has 102 valence electrons. The van der Waals surface area contributed by atoms with Crippen LogP contribution in [0, 0.1) is 0 Å². The zero-order valence-corrected chi connectivity index (χ0v) is 11.4. The van der Waals surface area contributed by atoms with Gasteiger partial charge < -0.3 is 13.9 Å². The molecule has 0 bridgehead atoms. The van der Waals surface area contributed by atoms with Crippen LogP contribution in [0.3, 0.4) is 0 Å². The average molecular weight is 269 g/mol. The summed E-state index contributed by atoms with van der Waals surface area (Å²) in [6, 6.07) is 13.6. The molecular formula is C16H15NO3. The molecule has 4 heteroatoms. The SMILES string of the molecule is COc1ccc(Cc2nc3ccccc3o2)cc1OC. The Morgan fingerprint density at radius 2 is 1.80 bits per heavy atom. The molecule has 2 aromatic carbocycles. The van der Waals surface area contributed by atoms with Gasteiger partial charge in [0.05, 0.1) is 14.2 Å². The fourth-order valence-corrected chi connectivity index (χ4v) is 2.16. The predicted molar refractivity (Wildman–Crippen MR) is 76.4 cm³/mol. The molecule has 0 atom stereocenters. The predicted octanol–water partition coefficient (Wildman–Crippen LogP) is 3.44. The summed E-state index contributed by atoms with van der Waals surface area (Å²) in [6.45, 7) is 0. The molecule has 0 N–H and O–H groups in total. The molecule has 3 rings (SSSR count). The second-order valence-corrected chi connectivity index (χ2v) is 4.44. The van der Waals surface area contributed by atoms with E-state index in [1.54, 1.807) is 14.2 Å². The molecule has 0 amide bonds. The summed E-state index contributed by atoms with van der Waals surface area (Å²) in [4.78, 5) is 4.47. The maximum Gasteiger partial charge on any atom is 0.199 e. The molecule has 0 fully saturated rings. The van der Waals surface area contributed by atoms with Gasteiger partial charge in [-0.1, -0.05) is 18.2 Å². The van der Waals surface area contributed by atoms with E-state index in [0.717, 1.165) is 16.7 Å². The van der Waals surface area contributed by atoms with E-state index in [9.17, 15) is 0 Å². The molecule has 0 aliphatic rings. The molecule has 0 radical (unpaired) electrons. The summed E-state index contributed by atoms with van der Waals surface area (Å²) >= 11 is 0. The van der Waals surface area contributed by atoms with Crippen molar-refractivity contribution in [3.63, 3.8) is 0 Å². The lowest BCUT2D eigenvalue weighted by atomic mass is 10.1. The Morgan fingerprint density at radius 1 is 1.00 bits per heavy atom. The maximum absolute atomic E-state index is 5.72. The van der Waals surface area contributed by atoms with Gasteiger partial charge in [0.25, 0.3) is 0 Å². The van der Waals surface area contributed by atoms with E-state index in [2.05, 4.69) is 4.98 Å². The number of rotatable bonds is 4. The van der Waals surface area contributed by atoms with E-state index >= 15 is 0 Å². The third kappa shape index (κ3) is 2.32. The number of hydrogen-bond donors (Lipinski definition) is 0. The number of fused-ring (bicyclic) bond motifs is 1. The molecule has 0 saturated heterocycles. The lowest BCUT2D eigenvalue weighted by molar-refractivity contribution is 0.354. The minimum atomic E-state index is 0.620. The molecule has 1 heterocycles. The Bertz CT molecular complexity index is 700. The van der Waals surface area contributed by atoms with E-state index in [1.807, 2.05) is 42.5 Å². The molecule has 20 heavy (non-hydrogen) atoms. The van der Waals surface area contributed by atoms with Gasteiger partial charge in [-0.2, -0.15) is 0 Å². The highest BCUT2D eigenvalue weighted by atomic mass is 16.5. The van der Waals surface area contributed by atoms with Gasteiger partial charge in [0.1, 0.15) is 5.52 Å². The van der Waals surface area contributed by atoms with Gasteiger partial charge in [-0.15, -0.1) is 0 Å². The number of nitrogens with zero attached hydrogens (tertiary/aromatic N) is 1. The van der Waals surface area contributed by atoms with Crippen molar-refractivity contribution in [1.29, 1.82) is 0 Å². The first-order chi connectivity index (χ1) is 9.80. The number of benzene rings is 2. The van der Waals surface area contributed by atoms with Gasteiger partial charge in [-0.3, -0.25) is 0 Å².